The van der Waals surface area contributed by atoms with Gasteiger partial charge in [0.2, 0.25) is 10.0 Å². The molecule has 1 saturated heterocycles. The summed E-state index contributed by atoms with van der Waals surface area (Å²) >= 11 is 0. The highest BCUT2D eigenvalue weighted by molar-refractivity contribution is 7.89. The molecule has 1 aliphatic rings. The molecule has 1 heterocycles. The lowest BCUT2D eigenvalue weighted by molar-refractivity contribution is -0.138. The Morgan fingerprint density at radius 3 is 2.25 bits per heavy atom. The van der Waals surface area contributed by atoms with Crippen molar-refractivity contribution in [3.8, 4) is 0 Å². The molecule has 0 atom stereocenters. The first-order chi connectivity index (χ1) is 13.1. The van der Waals surface area contributed by atoms with E-state index in [-0.39, 0.29) is 35.1 Å². The van der Waals surface area contributed by atoms with Crippen LogP contribution >= 0.6 is 0 Å². The maximum absolute atomic E-state index is 12.8. The number of piperidine rings is 1. The van der Waals surface area contributed by atoms with Gasteiger partial charge >= 0.3 is 5.97 Å². The van der Waals surface area contributed by atoms with Gasteiger partial charge in [0.25, 0.3) is 5.91 Å². The van der Waals surface area contributed by atoms with Gasteiger partial charge in [-0.1, -0.05) is 12.5 Å². The number of sulfonamides is 1. The molecule has 1 aromatic rings. The standard InChI is InChI=1S/C20H30N2O5S/c1-15(2)22(16(3)4)19(23)14-27-20(24)17-9-8-10-18(13-17)28(25,26)21-11-6-5-7-12-21/h8-10,13,15-16H,5-7,11-12,14H2,1-4H3. The number of esters is 1. The van der Waals surface area contributed by atoms with Crippen LogP contribution in [0.25, 0.3) is 0 Å². The Morgan fingerprint density at radius 2 is 1.68 bits per heavy atom. The molecule has 0 unspecified atom stereocenters. The molecular formula is C20H30N2O5S. The Balaban J connectivity index is 2.09. The minimum absolute atomic E-state index is 0.00999. The van der Waals surface area contributed by atoms with Gasteiger partial charge in [0.15, 0.2) is 6.61 Å². The number of nitrogens with zero attached hydrogens (tertiary/aromatic N) is 2. The molecule has 2 rings (SSSR count). The first kappa shape index (κ1) is 22.4. The van der Waals surface area contributed by atoms with Crippen molar-refractivity contribution in [1.29, 1.82) is 0 Å². The van der Waals surface area contributed by atoms with Crippen molar-refractivity contribution in [2.24, 2.45) is 0 Å². The average Bonchev–Trinajstić information content (AvgIpc) is 2.66. The lowest BCUT2D eigenvalue weighted by Crippen LogP contribution is -2.44. The fourth-order valence-electron chi connectivity index (χ4n) is 3.50. The van der Waals surface area contributed by atoms with Crippen LogP contribution in [0.3, 0.4) is 0 Å². The van der Waals surface area contributed by atoms with Crippen LogP contribution in [0.15, 0.2) is 29.2 Å². The summed E-state index contributed by atoms with van der Waals surface area (Å²) in [5.74, 6) is -0.994. The predicted octanol–water partition coefficient (Wildman–Crippen LogP) is 2.66. The Bertz CT molecular complexity index is 791. The molecule has 8 heteroatoms. The van der Waals surface area contributed by atoms with E-state index in [4.69, 9.17) is 4.74 Å². The summed E-state index contributed by atoms with van der Waals surface area (Å²) in [6.45, 7) is 8.20. The Morgan fingerprint density at radius 1 is 1.07 bits per heavy atom. The second-order valence-electron chi connectivity index (χ2n) is 7.56. The molecule has 156 valence electrons. The Kier molecular flexibility index (Phi) is 7.60. The quantitative estimate of drug-likeness (QED) is 0.645. The highest BCUT2D eigenvalue weighted by Gasteiger charge is 2.27. The van der Waals surface area contributed by atoms with Crippen molar-refractivity contribution in [2.45, 2.75) is 63.9 Å². The van der Waals surface area contributed by atoms with E-state index in [9.17, 15) is 18.0 Å². The normalized spacial score (nSPS) is 15.6. The average molecular weight is 411 g/mol. The summed E-state index contributed by atoms with van der Waals surface area (Å²) in [5.41, 5.74) is 0.117. The topological polar surface area (TPSA) is 84.0 Å². The summed E-state index contributed by atoms with van der Waals surface area (Å²) < 4.78 is 32.2. The monoisotopic (exact) mass is 410 g/mol. The smallest absolute Gasteiger partial charge is 0.338 e. The zero-order valence-electron chi connectivity index (χ0n) is 17.1. The van der Waals surface area contributed by atoms with E-state index in [0.717, 1.165) is 19.3 Å². The van der Waals surface area contributed by atoms with Crippen LogP contribution in [0.2, 0.25) is 0 Å². The van der Waals surface area contributed by atoms with E-state index in [0.29, 0.717) is 13.1 Å². The van der Waals surface area contributed by atoms with Gasteiger partial charge in [-0.05, 0) is 58.7 Å². The second-order valence-corrected chi connectivity index (χ2v) is 9.50. The molecule has 28 heavy (non-hydrogen) atoms. The lowest BCUT2D eigenvalue weighted by atomic mass is 10.2. The molecule has 0 spiro atoms. The van der Waals surface area contributed by atoms with Crippen molar-refractivity contribution in [1.82, 2.24) is 9.21 Å². The minimum Gasteiger partial charge on any atom is -0.452 e. The van der Waals surface area contributed by atoms with Crippen LogP contribution in [-0.2, 0) is 19.6 Å². The molecule has 0 aromatic heterocycles. The third kappa shape index (κ3) is 5.32. The zero-order chi connectivity index (χ0) is 20.9. The number of rotatable bonds is 7. The fourth-order valence-corrected chi connectivity index (χ4v) is 5.06. The van der Waals surface area contributed by atoms with Crippen molar-refractivity contribution in [3.63, 3.8) is 0 Å². The van der Waals surface area contributed by atoms with Crippen LogP contribution in [0.1, 0.15) is 57.3 Å². The summed E-state index contributed by atoms with van der Waals surface area (Å²) in [5, 5.41) is 0. The Labute approximate surface area is 167 Å². The highest BCUT2D eigenvalue weighted by atomic mass is 32.2. The van der Waals surface area contributed by atoms with Crippen LogP contribution in [0.5, 0.6) is 0 Å². The first-order valence-electron chi connectivity index (χ1n) is 9.73. The van der Waals surface area contributed by atoms with Gasteiger partial charge in [-0.3, -0.25) is 4.79 Å². The van der Waals surface area contributed by atoms with Crippen molar-refractivity contribution in [3.05, 3.63) is 29.8 Å². The number of amides is 1. The van der Waals surface area contributed by atoms with E-state index in [1.165, 1.54) is 28.6 Å². The molecule has 1 amide bonds. The predicted molar refractivity (Wildman–Crippen MR) is 106 cm³/mol. The molecule has 1 aromatic carbocycles. The van der Waals surface area contributed by atoms with Gasteiger partial charge in [-0.25, -0.2) is 13.2 Å². The second kappa shape index (κ2) is 9.52. The number of benzene rings is 1. The van der Waals surface area contributed by atoms with E-state index in [1.54, 1.807) is 4.90 Å². The highest BCUT2D eigenvalue weighted by Crippen LogP contribution is 2.21. The van der Waals surface area contributed by atoms with E-state index in [2.05, 4.69) is 0 Å². The number of hydrogen-bond acceptors (Lipinski definition) is 5. The third-order valence-corrected chi connectivity index (χ3v) is 6.64. The molecule has 0 N–H and O–H groups in total. The fraction of sp³-hybridized carbons (Fsp3) is 0.600. The van der Waals surface area contributed by atoms with Crippen molar-refractivity contribution >= 4 is 21.9 Å². The van der Waals surface area contributed by atoms with Crippen LogP contribution in [-0.4, -0.2) is 61.3 Å². The third-order valence-electron chi connectivity index (χ3n) is 4.75. The Hall–Kier alpha value is -1.93. The number of ether oxygens (including phenoxy) is 1. The summed E-state index contributed by atoms with van der Waals surface area (Å²) in [4.78, 5) is 26.4. The van der Waals surface area contributed by atoms with Crippen molar-refractivity contribution < 1.29 is 22.7 Å². The largest absolute Gasteiger partial charge is 0.452 e. The van der Waals surface area contributed by atoms with Crippen molar-refractivity contribution in [2.75, 3.05) is 19.7 Å². The minimum atomic E-state index is -3.63. The van der Waals surface area contributed by atoms with Gasteiger partial charge < -0.3 is 9.64 Å². The molecule has 0 saturated carbocycles. The van der Waals surface area contributed by atoms with Crippen LogP contribution < -0.4 is 0 Å². The van der Waals surface area contributed by atoms with Crippen LogP contribution in [0.4, 0.5) is 0 Å². The maximum Gasteiger partial charge on any atom is 0.338 e. The molecule has 0 radical (unpaired) electrons. The zero-order valence-corrected chi connectivity index (χ0v) is 17.9. The molecule has 7 nitrogen and oxygen atoms in total. The maximum atomic E-state index is 12.8. The van der Waals surface area contributed by atoms with Gasteiger partial charge in [-0.15, -0.1) is 0 Å². The van der Waals surface area contributed by atoms with Gasteiger partial charge in [0, 0.05) is 25.2 Å². The van der Waals surface area contributed by atoms with E-state index in [1.807, 2.05) is 27.7 Å². The molecule has 1 aliphatic heterocycles. The molecule has 0 bridgehead atoms. The number of hydrogen-bond donors (Lipinski definition) is 0. The SMILES string of the molecule is CC(C)N(C(=O)COC(=O)c1cccc(S(=O)(=O)N2CCCCC2)c1)C(C)C. The van der Waals surface area contributed by atoms with Gasteiger partial charge in [0.05, 0.1) is 10.5 Å². The summed E-state index contributed by atoms with van der Waals surface area (Å²) in [6.07, 6.45) is 2.70. The van der Waals surface area contributed by atoms with E-state index < -0.39 is 16.0 Å². The molecule has 0 aliphatic carbocycles. The summed E-state index contributed by atoms with van der Waals surface area (Å²) in [7, 11) is -3.63. The number of carbonyl (C=O) groups is 2. The number of carbonyl (C=O) groups excluding carboxylic acids is 2. The summed E-state index contributed by atoms with van der Waals surface area (Å²) in [6, 6.07) is 5.78. The van der Waals surface area contributed by atoms with E-state index >= 15 is 0 Å². The van der Waals surface area contributed by atoms with Gasteiger partial charge in [-0.2, -0.15) is 4.31 Å². The first-order valence-corrected chi connectivity index (χ1v) is 11.2. The van der Waals surface area contributed by atoms with Crippen LogP contribution in [0, 0.1) is 0 Å². The molecule has 1 fully saturated rings. The lowest BCUT2D eigenvalue weighted by Gasteiger charge is -2.30. The van der Waals surface area contributed by atoms with Gasteiger partial charge in [0.1, 0.15) is 0 Å². The molecular weight excluding hydrogens is 380 g/mol.